The maximum absolute atomic E-state index is 12.7. The number of carbonyl (C=O) groups excluding carboxylic acids is 1. The van der Waals surface area contributed by atoms with E-state index in [1.807, 2.05) is 6.92 Å². The third-order valence-electron chi connectivity index (χ3n) is 2.29. The summed E-state index contributed by atoms with van der Waals surface area (Å²) in [6.07, 6.45) is -0.106. The summed E-state index contributed by atoms with van der Waals surface area (Å²) in [5, 5.41) is 3.03. The molecule has 0 radical (unpaired) electrons. The van der Waals surface area contributed by atoms with Crippen molar-refractivity contribution < 1.29 is 13.9 Å². The van der Waals surface area contributed by atoms with Crippen LogP contribution in [0.4, 0.5) is 4.39 Å². The fraction of sp³-hybridized carbons (Fsp3) is 0.462. The summed E-state index contributed by atoms with van der Waals surface area (Å²) in [6, 6.07) is 6.18. The number of nitrogens with one attached hydrogen (secondary N) is 1. The highest BCUT2D eigenvalue weighted by Gasteiger charge is 2.09. The molecule has 0 aromatic heterocycles. The van der Waals surface area contributed by atoms with Gasteiger partial charge in [-0.3, -0.25) is 4.79 Å². The molecule has 1 rings (SSSR count). The van der Waals surface area contributed by atoms with E-state index in [1.165, 1.54) is 12.1 Å². The number of carbonyl (C=O) groups is 1. The molecule has 3 nitrogen and oxygen atoms in total. The SMILES string of the molecule is CC(C)OC(=O)CNC(C)c1ccc(F)cc1. The van der Waals surface area contributed by atoms with Gasteiger partial charge >= 0.3 is 5.97 Å². The van der Waals surface area contributed by atoms with E-state index in [0.717, 1.165) is 5.56 Å². The fourth-order valence-electron chi connectivity index (χ4n) is 1.41. The molecule has 1 N–H and O–H groups in total. The van der Waals surface area contributed by atoms with Gasteiger partial charge in [0.2, 0.25) is 0 Å². The van der Waals surface area contributed by atoms with Crippen molar-refractivity contribution in [1.82, 2.24) is 5.32 Å². The molecular weight excluding hydrogens is 221 g/mol. The van der Waals surface area contributed by atoms with Crippen molar-refractivity contribution in [3.63, 3.8) is 0 Å². The Balaban J connectivity index is 2.42. The average molecular weight is 239 g/mol. The quantitative estimate of drug-likeness (QED) is 0.802. The van der Waals surface area contributed by atoms with Gasteiger partial charge in [-0.1, -0.05) is 12.1 Å². The molecule has 0 aliphatic carbocycles. The van der Waals surface area contributed by atoms with Crippen LogP contribution in [-0.2, 0) is 9.53 Å². The van der Waals surface area contributed by atoms with Crippen molar-refractivity contribution in [2.24, 2.45) is 0 Å². The Morgan fingerprint density at radius 3 is 2.41 bits per heavy atom. The molecular formula is C13H18FNO2. The number of benzene rings is 1. The van der Waals surface area contributed by atoms with Gasteiger partial charge in [-0.15, -0.1) is 0 Å². The zero-order valence-corrected chi connectivity index (χ0v) is 10.4. The zero-order valence-electron chi connectivity index (χ0n) is 10.4. The number of halogens is 1. The Morgan fingerprint density at radius 2 is 1.88 bits per heavy atom. The summed E-state index contributed by atoms with van der Waals surface area (Å²) >= 11 is 0. The van der Waals surface area contributed by atoms with E-state index < -0.39 is 0 Å². The second-order valence-corrected chi connectivity index (χ2v) is 4.19. The fourth-order valence-corrected chi connectivity index (χ4v) is 1.41. The first kappa shape index (κ1) is 13.6. The summed E-state index contributed by atoms with van der Waals surface area (Å²) in [6.45, 7) is 5.68. The summed E-state index contributed by atoms with van der Waals surface area (Å²) in [5.74, 6) is -0.547. The smallest absolute Gasteiger partial charge is 0.320 e. The van der Waals surface area contributed by atoms with Crippen molar-refractivity contribution in [3.05, 3.63) is 35.6 Å². The lowest BCUT2D eigenvalue weighted by Crippen LogP contribution is -2.28. The Labute approximate surface area is 101 Å². The highest BCUT2D eigenvalue weighted by Crippen LogP contribution is 2.12. The van der Waals surface area contributed by atoms with Crippen molar-refractivity contribution in [3.8, 4) is 0 Å². The summed E-state index contributed by atoms with van der Waals surface area (Å²) in [4.78, 5) is 11.3. The Kier molecular flexibility index (Phi) is 5.10. The van der Waals surface area contributed by atoms with E-state index in [9.17, 15) is 9.18 Å². The van der Waals surface area contributed by atoms with E-state index in [2.05, 4.69) is 5.32 Å². The van der Waals surface area contributed by atoms with Crippen molar-refractivity contribution in [2.75, 3.05) is 6.54 Å². The molecule has 1 aromatic rings. The molecule has 17 heavy (non-hydrogen) atoms. The van der Waals surface area contributed by atoms with Crippen LogP contribution in [0.1, 0.15) is 32.4 Å². The Hall–Kier alpha value is -1.42. The first-order valence-electron chi connectivity index (χ1n) is 5.67. The predicted octanol–water partition coefficient (Wildman–Crippen LogP) is 2.43. The predicted molar refractivity (Wildman–Crippen MR) is 64.0 cm³/mol. The molecule has 0 aliphatic rings. The van der Waals surface area contributed by atoms with E-state index in [0.29, 0.717) is 0 Å². The van der Waals surface area contributed by atoms with Gasteiger partial charge in [0.1, 0.15) is 5.82 Å². The van der Waals surface area contributed by atoms with Gasteiger partial charge in [-0.2, -0.15) is 0 Å². The zero-order chi connectivity index (χ0) is 12.8. The minimum Gasteiger partial charge on any atom is -0.462 e. The van der Waals surface area contributed by atoms with Crippen LogP contribution in [0.3, 0.4) is 0 Å². The monoisotopic (exact) mass is 239 g/mol. The lowest BCUT2D eigenvalue weighted by molar-refractivity contribution is -0.146. The number of hydrogen-bond donors (Lipinski definition) is 1. The van der Waals surface area contributed by atoms with Crippen LogP contribution in [0, 0.1) is 5.82 Å². The van der Waals surface area contributed by atoms with Crippen LogP contribution in [0.2, 0.25) is 0 Å². The molecule has 0 spiro atoms. The van der Waals surface area contributed by atoms with Crippen LogP contribution < -0.4 is 5.32 Å². The van der Waals surface area contributed by atoms with E-state index in [1.54, 1.807) is 26.0 Å². The highest BCUT2D eigenvalue weighted by atomic mass is 19.1. The first-order chi connectivity index (χ1) is 7.99. The Morgan fingerprint density at radius 1 is 1.29 bits per heavy atom. The molecule has 94 valence electrons. The molecule has 0 saturated carbocycles. The van der Waals surface area contributed by atoms with Gasteiger partial charge in [0.25, 0.3) is 0 Å². The summed E-state index contributed by atoms with van der Waals surface area (Å²) in [5.41, 5.74) is 0.934. The second kappa shape index (κ2) is 6.35. The lowest BCUT2D eigenvalue weighted by Gasteiger charge is -2.14. The normalized spacial score (nSPS) is 12.5. The molecule has 0 bridgehead atoms. The molecule has 0 aliphatic heterocycles. The minimum absolute atomic E-state index is 0.0182. The first-order valence-corrected chi connectivity index (χ1v) is 5.67. The minimum atomic E-state index is -0.283. The molecule has 1 aromatic carbocycles. The number of ether oxygens (including phenoxy) is 1. The topological polar surface area (TPSA) is 38.3 Å². The molecule has 0 saturated heterocycles. The molecule has 1 unspecified atom stereocenters. The molecule has 0 heterocycles. The second-order valence-electron chi connectivity index (χ2n) is 4.19. The summed E-state index contributed by atoms with van der Waals surface area (Å²) in [7, 11) is 0. The molecule has 0 amide bonds. The number of rotatable bonds is 5. The van der Waals surface area contributed by atoms with Crippen LogP contribution in [0.5, 0.6) is 0 Å². The average Bonchev–Trinajstić information content (AvgIpc) is 2.26. The van der Waals surface area contributed by atoms with Gasteiger partial charge in [-0.25, -0.2) is 4.39 Å². The van der Waals surface area contributed by atoms with Crippen LogP contribution >= 0.6 is 0 Å². The molecule has 4 heteroatoms. The van der Waals surface area contributed by atoms with Crippen LogP contribution in [0.15, 0.2) is 24.3 Å². The maximum Gasteiger partial charge on any atom is 0.320 e. The third kappa shape index (κ3) is 4.95. The van der Waals surface area contributed by atoms with Crippen LogP contribution in [0.25, 0.3) is 0 Å². The standard InChI is InChI=1S/C13H18FNO2/c1-9(2)17-13(16)8-15-10(3)11-4-6-12(14)7-5-11/h4-7,9-10,15H,8H2,1-3H3. The third-order valence-corrected chi connectivity index (χ3v) is 2.29. The van der Waals surface area contributed by atoms with Crippen molar-refractivity contribution in [1.29, 1.82) is 0 Å². The molecule has 0 fully saturated rings. The Bertz CT molecular complexity index is 362. The van der Waals surface area contributed by atoms with Gasteiger partial charge in [-0.05, 0) is 38.5 Å². The van der Waals surface area contributed by atoms with Gasteiger partial charge < -0.3 is 10.1 Å². The number of esters is 1. The van der Waals surface area contributed by atoms with E-state index in [4.69, 9.17) is 4.74 Å². The van der Waals surface area contributed by atoms with Gasteiger partial charge in [0.15, 0.2) is 0 Å². The van der Waals surface area contributed by atoms with E-state index in [-0.39, 0.29) is 30.5 Å². The lowest BCUT2D eigenvalue weighted by atomic mass is 10.1. The largest absolute Gasteiger partial charge is 0.462 e. The highest BCUT2D eigenvalue weighted by molar-refractivity contribution is 5.71. The van der Waals surface area contributed by atoms with Crippen molar-refractivity contribution >= 4 is 5.97 Å². The maximum atomic E-state index is 12.7. The molecule has 1 atom stereocenters. The van der Waals surface area contributed by atoms with Gasteiger partial charge in [0, 0.05) is 6.04 Å². The van der Waals surface area contributed by atoms with Crippen molar-refractivity contribution in [2.45, 2.75) is 32.9 Å². The van der Waals surface area contributed by atoms with Gasteiger partial charge in [0.05, 0.1) is 12.6 Å². The number of hydrogen-bond acceptors (Lipinski definition) is 3. The summed E-state index contributed by atoms with van der Waals surface area (Å²) < 4.78 is 17.7. The van der Waals surface area contributed by atoms with E-state index >= 15 is 0 Å². The van der Waals surface area contributed by atoms with Crippen LogP contribution in [-0.4, -0.2) is 18.6 Å².